The van der Waals surface area contributed by atoms with E-state index in [0.29, 0.717) is 5.82 Å². The number of benzene rings is 1. The Morgan fingerprint density at radius 3 is 2.70 bits per heavy atom. The normalized spacial score (nSPS) is 11.0. The second-order valence-corrected chi connectivity index (χ2v) is 5.66. The average Bonchev–Trinajstić information content (AvgIpc) is 3.16. The van der Waals surface area contributed by atoms with Crippen molar-refractivity contribution in [2.75, 3.05) is 0 Å². The van der Waals surface area contributed by atoms with Gasteiger partial charge in [-0.15, -0.1) is 0 Å². The zero-order valence-electron chi connectivity index (χ0n) is 14.7. The zero-order chi connectivity index (χ0) is 19.4. The maximum absolute atomic E-state index is 12.0. The molecule has 0 aliphatic rings. The van der Waals surface area contributed by atoms with Gasteiger partial charge >= 0.3 is 11.7 Å². The lowest BCUT2D eigenvalue weighted by Gasteiger charge is -2.03. The molecule has 0 bridgehead atoms. The predicted octanol–water partition coefficient (Wildman–Crippen LogP) is 0.891. The summed E-state index contributed by atoms with van der Waals surface area (Å²) in [7, 11) is 2.87. The van der Waals surface area contributed by atoms with Crippen LogP contribution in [-0.2, 0) is 30.2 Å². The van der Waals surface area contributed by atoms with Gasteiger partial charge in [-0.05, 0) is 6.08 Å². The van der Waals surface area contributed by atoms with E-state index < -0.39 is 17.2 Å². The predicted molar refractivity (Wildman–Crippen MR) is 95.5 cm³/mol. The molecule has 0 saturated carbocycles. The summed E-state index contributed by atoms with van der Waals surface area (Å²) in [4.78, 5) is 39.6. The van der Waals surface area contributed by atoms with Gasteiger partial charge in [-0.3, -0.25) is 9.36 Å². The third kappa shape index (κ3) is 4.09. The van der Waals surface area contributed by atoms with Crippen LogP contribution in [0.2, 0.25) is 0 Å². The van der Waals surface area contributed by atoms with Crippen LogP contribution in [0.5, 0.6) is 0 Å². The van der Waals surface area contributed by atoms with E-state index in [4.69, 9.17) is 9.26 Å². The minimum atomic E-state index is -0.689. The van der Waals surface area contributed by atoms with Crippen LogP contribution in [0.3, 0.4) is 0 Å². The second-order valence-electron chi connectivity index (χ2n) is 5.66. The highest BCUT2D eigenvalue weighted by Gasteiger charge is 2.10. The average molecular weight is 368 g/mol. The van der Waals surface area contributed by atoms with Crippen LogP contribution in [0.15, 0.2) is 56.7 Å². The first-order valence-electron chi connectivity index (χ1n) is 7.95. The van der Waals surface area contributed by atoms with Crippen molar-refractivity contribution in [2.24, 2.45) is 14.1 Å². The van der Waals surface area contributed by atoms with Crippen molar-refractivity contribution in [1.82, 2.24) is 19.3 Å². The summed E-state index contributed by atoms with van der Waals surface area (Å²) in [5, 5.41) is 3.83. The van der Waals surface area contributed by atoms with Crippen molar-refractivity contribution in [1.29, 1.82) is 0 Å². The highest BCUT2D eigenvalue weighted by atomic mass is 16.6. The third-order valence-corrected chi connectivity index (χ3v) is 3.71. The Hall–Kier alpha value is -3.75. The first-order chi connectivity index (χ1) is 13.0. The molecule has 0 spiro atoms. The molecule has 0 aliphatic heterocycles. The van der Waals surface area contributed by atoms with Gasteiger partial charge in [-0.1, -0.05) is 35.5 Å². The number of hydrogen-bond acceptors (Lipinski definition) is 7. The van der Waals surface area contributed by atoms with Crippen molar-refractivity contribution in [2.45, 2.75) is 6.61 Å². The maximum Gasteiger partial charge on any atom is 0.331 e. The maximum atomic E-state index is 12.0. The quantitative estimate of drug-likeness (QED) is 0.486. The second kappa shape index (κ2) is 7.65. The van der Waals surface area contributed by atoms with Crippen molar-refractivity contribution in [3.05, 3.63) is 74.9 Å². The van der Waals surface area contributed by atoms with Crippen LogP contribution in [0.1, 0.15) is 11.5 Å². The van der Waals surface area contributed by atoms with E-state index in [1.165, 1.54) is 30.9 Å². The number of hydrogen-bond donors (Lipinski definition) is 0. The zero-order valence-corrected chi connectivity index (χ0v) is 14.7. The first kappa shape index (κ1) is 18.1. The molecular weight excluding hydrogens is 352 g/mol. The summed E-state index contributed by atoms with van der Waals surface area (Å²) in [6.45, 7) is -0.200. The van der Waals surface area contributed by atoms with E-state index >= 15 is 0 Å². The van der Waals surface area contributed by atoms with Crippen LogP contribution in [0.4, 0.5) is 0 Å². The highest BCUT2D eigenvalue weighted by molar-refractivity contribution is 5.86. The van der Waals surface area contributed by atoms with Crippen LogP contribution in [0, 0.1) is 0 Å². The van der Waals surface area contributed by atoms with E-state index in [1.54, 1.807) is 0 Å². The Balaban J connectivity index is 1.64. The molecule has 1 aromatic carbocycles. The van der Waals surface area contributed by atoms with Gasteiger partial charge in [-0.25, -0.2) is 9.59 Å². The fraction of sp³-hybridized carbons (Fsp3) is 0.167. The molecule has 9 heteroatoms. The summed E-state index contributed by atoms with van der Waals surface area (Å²) in [5.74, 6) is -0.148. The monoisotopic (exact) mass is 368 g/mol. The molecule has 0 amide bonds. The van der Waals surface area contributed by atoms with Crippen LogP contribution < -0.4 is 11.2 Å². The summed E-state index contributed by atoms with van der Waals surface area (Å²) in [6.07, 6.45) is 3.72. The largest absolute Gasteiger partial charge is 0.452 e. The number of aryl methyl sites for hydroxylation is 1. The van der Waals surface area contributed by atoms with Crippen molar-refractivity contribution in [3.8, 4) is 11.4 Å². The molecule has 0 aliphatic carbocycles. The highest BCUT2D eigenvalue weighted by Crippen LogP contribution is 2.15. The van der Waals surface area contributed by atoms with E-state index in [2.05, 4.69) is 10.1 Å². The number of carbonyl (C=O) groups is 1. The van der Waals surface area contributed by atoms with Gasteiger partial charge in [0.1, 0.15) is 0 Å². The number of nitrogens with zero attached hydrogens (tertiary/aromatic N) is 4. The number of carbonyl (C=O) groups excluding carboxylic acids is 1. The summed E-state index contributed by atoms with van der Waals surface area (Å²) >= 11 is 0. The van der Waals surface area contributed by atoms with E-state index in [-0.39, 0.29) is 18.1 Å². The first-order valence-corrected chi connectivity index (χ1v) is 7.95. The minimum Gasteiger partial charge on any atom is -0.452 e. The van der Waals surface area contributed by atoms with Gasteiger partial charge in [0.2, 0.25) is 5.82 Å². The number of aromatic nitrogens is 4. The summed E-state index contributed by atoms with van der Waals surface area (Å²) < 4.78 is 12.3. The van der Waals surface area contributed by atoms with E-state index in [0.717, 1.165) is 16.2 Å². The molecule has 3 aromatic rings. The molecule has 9 nitrogen and oxygen atoms in total. The molecule has 0 saturated heterocycles. The Morgan fingerprint density at radius 2 is 1.96 bits per heavy atom. The fourth-order valence-corrected chi connectivity index (χ4v) is 2.31. The van der Waals surface area contributed by atoms with E-state index in [9.17, 15) is 14.4 Å². The standard InChI is InChI=1S/C18H16N4O5/c1-21-10-13(17(24)22(2)18(21)25)8-9-15(23)26-11-14-19-16(20-27-14)12-6-4-3-5-7-12/h3-10H,11H2,1-2H3/b9-8+. The molecule has 0 atom stereocenters. The van der Waals surface area contributed by atoms with Crippen molar-refractivity contribution >= 4 is 12.0 Å². The molecule has 2 aromatic heterocycles. The fourth-order valence-electron chi connectivity index (χ4n) is 2.31. The molecule has 0 fully saturated rings. The molecule has 27 heavy (non-hydrogen) atoms. The Bertz CT molecular complexity index is 1110. The van der Waals surface area contributed by atoms with Gasteiger partial charge in [0.05, 0.1) is 5.56 Å². The third-order valence-electron chi connectivity index (χ3n) is 3.71. The number of rotatable bonds is 5. The molecule has 0 radical (unpaired) electrons. The van der Waals surface area contributed by atoms with Gasteiger partial charge in [0.25, 0.3) is 11.4 Å². The molecule has 0 N–H and O–H groups in total. The van der Waals surface area contributed by atoms with Crippen LogP contribution in [-0.4, -0.2) is 25.2 Å². The summed E-state index contributed by atoms with van der Waals surface area (Å²) in [6, 6.07) is 9.23. The smallest absolute Gasteiger partial charge is 0.331 e. The van der Waals surface area contributed by atoms with Crippen molar-refractivity contribution < 1.29 is 14.1 Å². The molecule has 3 rings (SSSR count). The topological polar surface area (TPSA) is 109 Å². The van der Waals surface area contributed by atoms with Gasteiger partial charge in [0, 0.05) is 31.9 Å². The van der Waals surface area contributed by atoms with Gasteiger partial charge in [0.15, 0.2) is 6.61 Å². The molecule has 138 valence electrons. The van der Waals surface area contributed by atoms with Crippen molar-refractivity contribution in [3.63, 3.8) is 0 Å². The number of esters is 1. The lowest BCUT2D eigenvalue weighted by atomic mass is 10.2. The lowest BCUT2D eigenvalue weighted by Crippen LogP contribution is -2.37. The lowest BCUT2D eigenvalue weighted by molar-refractivity contribution is -0.139. The molecule has 2 heterocycles. The molecule has 0 unspecified atom stereocenters. The Kier molecular flexibility index (Phi) is 5.11. The van der Waals surface area contributed by atoms with Gasteiger partial charge in [-0.2, -0.15) is 4.98 Å². The Labute approximate surface area is 153 Å². The van der Waals surface area contributed by atoms with Crippen LogP contribution >= 0.6 is 0 Å². The number of ether oxygens (including phenoxy) is 1. The van der Waals surface area contributed by atoms with Gasteiger partial charge < -0.3 is 13.8 Å². The van der Waals surface area contributed by atoms with Crippen LogP contribution in [0.25, 0.3) is 17.5 Å². The van der Waals surface area contributed by atoms with E-state index in [1.807, 2.05) is 30.3 Å². The minimum absolute atomic E-state index is 0.147. The summed E-state index contributed by atoms with van der Waals surface area (Å²) in [5.41, 5.74) is 0.00172. The molecular formula is C18H16N4O5. The SMILES string of the molecule is Cn1cc(/C=C/C(=O)OCc2nc(-c3ccccc3)no2)c(=O)n(C)c1=O. The Morgan fingerprint density at radius 1 is 1.22 bits per heavy atom.